The normalized spacial score (nSPS) is 15.7. The van der Waals surface area contributed by atoms with Gasteiger partial charge in [-0.2, -0.15) is 0 Å². The van der Waals surface area contributed by atoms with Crippen LogP contribution in [0.4, 0.5) is 5.82 Å². The highest BCUT2D eigenvalue weighted by molar-refractivity contribution is 14.1. The summed E-state index contributed by atoms with van der Waals surface area (Å²) in [6, 6.07) is 7.87. The average molecular weight is 524 g/mol. The third kappa shape index (κ3) is 4.24. The summed E-state index contributed by atoms with van der Waals surface area (Å²) in [5, 5.41) is 3.96. The highest BCUT2D eigenvalue weighted by Crippen LogP contribution is 2.39. The number of hydrogen-bond donors (Lipinski definition) is 2. The molecule has 9 nitrogen and oxygen atoms in total. The van der Waals surface area contributed by atoms with E-state index >= 15 is 0 Å². The van der Waals surface area contributed by atoms with E-state index in [2.05, 4.69) is 42.9 Å². The molecule has 1 amide bonds. The number of thioether (sulfide) groups is 1. The predicted molar refractivity (Wildman–Crippen MR) is 116 cm³/mol. The molecule has 0 spiro atoms. The molecular weight excluding hydrogens is 507 g/mol. The van der Waals surface area contributed by atoms with Gasteiger partial charge in [0, 0.05) is 29.1 Å². The van der Waals surface area contributed by atoms with Crippen LogP contribution in [0.3, 0.4) is 0 Å². The summed E-state index contributed by atoms with van der Waals surface area (Å²) < 4.78 is 14.6. The molecule has 11 heteroatoms. The van der Waals surface area contributed by atoms with E-state index in [0.717, 1.165) is 9.13 Å². The highest BCUT2D eigenvalue weighted by atomic mass is 127. The molecule has 0 saturated carbocycles. The zero-order chi connectivity index (χ0) is 20.4. The lowest BCUT2D eigenvalue weighted by molar-refractivity contribution is -0.118. The zero-order valence-electron chi connectivity index (χ0n) is 15.3. The van der Waals surface area contributed by atoms with Crippen molar-refractivity contribution in [3.63, 3.8) is 0 Å². The average Bonchev–Trinajstić information content (AvgIpc) is 3.28. The number of nitrogens with zero attached hydrogens (tertiary/aromatic N) is 4. The van der Waals surface area contributed by atoms with Gasteiger partial charge in [-0.15, -0.1) is 0 Å². The number of carbonyl (C=O) groups is 1. The zero-order valence-corrected chi connectivity index (χ0v) is 18.3. The Morgan fingerprint density at radius 1 is 1.38 bits per heavy atom. The summed E-state index contributed by atoms with van der Waals surface area (Å²) in [5.41, 5.74) is 8.02. The van der Waals surface area contributed by atoms with E-state index in [1.165, 1.54) is 25.0 Å². The fraction of sp³-hybridized carbons (Fsp3) is 0.222. The van der Waals surface area contributed by atoms with Crippen molar-refractivity contribution in [2.24, 2.45) is 0 Å². The van der Waals surface area contributed by atoms with Gasteiger partial charge in [0.1, 0.15) is 12.6 Å². The van der Waals surface area contributed by atoms with Crippen molar-refractivity contribution in [2.75, 3.05) is 12.3 Å². The smallest absolute Gasteiger partial charge is 0.268 e. The van der Waals surface area contributed by atoms with Crippen LogP contribution >= 0.6 is 34.4 Å². The van der Waals surface area contributed by atoms with E-state index in [9.17, 15) is 4.79 Å². The van der Waals surface area contributed by atoms with Crippen molar-refractivity contribution in [3.05, 3.63) is 51.1 Å². The second kappa shape index (κ2) is 8.45. The molecule has 1 unspecified atom stereocenters. The van der Waals surface area contributed by atoms with Gasteiger partial charge in [0.05, 0.1) is 0 Å². The Kier molecular flexibility index (Phi) is 5.76. The summed E-state index contributed by atoms with van der Waals surface area (Å²) in [6.07, 6.45) is 2.46. The molecule has 3 N–H and O–H groups in total. The first kappa shape index (κ1) is 19.8. The Hall–Kier alpha value is -2.54. The molecule has 3 heterocycles. The molecule has 1 aliphatic rings. The van der Waals surface area contributed by atoms with E-state index in [4.69, 9.17) is 15.2 Å². The van der Waals surface area contributed by atoms with Crippen LogP contribution in [-0.2, 0) is 20.8 Å². The fourth-order valence-electron chi connectivity index (χ4n) is 2.78. The molecule has 0 radical (unpaired) electrons. The van der Waals surface area contributed by atoms with E-state index in [1.807, 2.05) is 28.8 Å². The van der Waals surface area contributed by atoms with Crippen molar-refractivity contribution in [1.29, 1.82) is 0 Å². The second-order valence-electron chi connectivity index (χ2n) is 6.11. The Morgan fingerprint density at radius 2 is 2.21 bits per heavy atom. The molecule has 0 bridgehead atoms. The SMILES string of the molecule is CC(=O)NCCn1c(SC2=COC(c3ccccc3I)O2)nc2c(N)ncnc21. The number of nitrogen functional groups attached to an aromatic ring is 1. The largest absolute Gasteiger partial charge is 0.454 e. The Balaban J connectivity index is 1.56. The molecule has 2 aromatic heterocycles. The number of amides is 1. The molecule has 3 aromatic rings. The minimum absolute atomic E-state index is 0.103. The minimum Gasteiger partial charge on any atom is -0.454 e. The number of aromatic nitrogens is 4. The van der Waals surface area contributed by atoms with E-state index < -0.39 is 6.29 Å². The van der Waals surface area contributed by atoms with Crippen molar-refractivity contribution >= 4 is 57.2 Å². The van der Waals surface area contributed by atoms with E-state index in [0.29, 0.717) is 40.3 Å². The number of halogens is 1. The predicted octanol–water partition coefficient (Wildman–Crippen LogP) is 2.79. The van der Waals surface area contributed by atoms with Gasteiger partial charge in [0.2, 0.25) is 11.0 Å². The number of benzene rings is 1. The summed E-state index contributed by atoms with van der Waals surface area (Å²) in [6.45, 7) is 2.38. The van der Waals surface area contributed by atoms with Crippen molar-refractivity contribution in [3.8, 4) is 0 Å². The Labute approximate surface area is 184 Å². The van der Waals surface area contributed by atoms with E-state index in [1.54, 1.807) is 6.26 Å². The van der Waals surface area contributed by atoms with Crippen LogP contribution in [0.25, 0.3) is 11.2 Å². The van der Waals surface area contributed by atoms with Crippen molar-refractivity contribution < 1.29 is 14.3 Å². The number of rotatable bonds is 6. The maximum Gasteiger partial charge on any atom is 0.268 e. The number of carbonyl (C=O) groups excluding carboxylic acids is 1. The standard InChI is InChI=1S/C18H17IN6O3S/c1-10(26)21-6-7-25-16-14(15(20)22-9-23-16)24-18(25)29-13-8-27-17(28-13)11-4-2-3-5-12(11)19/h2-5,8-9,17H,6-7H2,1H3,(H,21,26)(H2,20,22,23). The van der Waals surface area contributed by atoms with Gasteiger partial charge in [-0.05, 0) is 40.4 Å². The lowest BCUT2D eigenvalue weighted by Gasteiger charge is -2.13. The van der Waals surface area contributed by atoms with Crippen LogP contribution in [0.1, 0.15) is 18.8 Å². The number of fused-ring (bicyclic) bond motifs is 1. The first-order valence-corrected chi connectivity index (χ1v) is 10.6. The van der Waals surface area contributed by atoms with Gasteiger partial charge in [-0.3, -0.25) is 4.79 Å². The number of imidazole rings is 1. The van der Waals surface area contributed by atoms with Gasteiger partial charge in [0.15, 0.2) is 22.1 Å². The second-order valence-corrected chi connectivity index (χ2v) is 8.24. The van der Waals surface area contributed by atoms with Crippen LogP contribution in [0, 0.1) is 3.57 Å². The minimum atomic E-state index is -0.507. The number of hydrogen-bond acceptors (Lipinski definition) is 8. The van der Waals surface area contributed by atoms with E-state index in [-0.39, 0.29) is 5.91 Å². The van der Waals surface area contributed by atoms with Crippen LogP contribution in [0.2, 0.25) is 0 Å². The lowest BCUT2D eigenvalue weighted by Crippen LogP contribution is -2.24. The van der Waals surface area contributed by atoms with Crippen LogP contribution in [0.15, 0.2) is 47.1 Å². The molecule has 1 aromatic carbocycles. The maximum absolute atomic E-state index is 11.2. The highest BCUT2D eigenvalue weighted by Gasteiger charge is 2.26. The molecule has 1 aliphatic heterocycles. The maximum atomic E-state index is 11.2. The van der Waals surface area contributed by atoms with Gasteiger partial charge in [-0.25, -0.2) is 15.0 Å². The summed E-state index contributed by atoms with van der Waals surface area (Å²) in [4.78, 5) is 24.1. The molecule has 29 heavy (non-hydrogen) atoms. The molecule has 1 atom stereocenters. The number of nitrogens with one attached hydrogen (secondary N) is 1. The monoisotopic (exact) mass is 524 g/mol. The molecule has 0 aliphatic carbocycles. The number of nitrogens with two attached hydrogens (primary N) is 1. The lowest BCUT2D eigenvalue weighted by atomic mass is 10.2. The number of ether oxygens (including phenoxy) is 2. The van der Waals surface area contributed by atoms with Crippen molar-refractivity contribution in [1.82, 2.24) is 24.8 Å². The van der Waals surface area contributed by atoms with Crippen LogP contribution < -0.4 is 11.1 Å². The molecule has 4 rings (SSSR count). The van der Waals surface area contributed by atoms with Gasteiger partial charge >= 0.3 is 0 Å². The third-order valence-corrected chi connectivity index (χ3v) is 5.97. The van der Waals surface area contributed by atoms with Crippen LogP contribution in [0.5, 0.6) is 0 Å². The van der Waals surface area contributed by atoms with Crippen molar-refractivity contribution in [2.45, 2.75) is 24.9 Å². The summed E-state index contributed by atoms with van der Waals surface area (Å²) >= 11 is 3.55. The topological polar surface area (TPSA) is 117 Å². The summed E-state index contributed by atoms with van der Waals surface area (Å²) in [7, 11) is 0. The van der Waals surface area contributed by atoms with Gasteiger partial charge < -0.3 is 25.1 Å². The van der Waals surface area contributed by atoms with Gasteiger partial charge in [0.25, 0.3) is 6.29 Å². The number of anilines is 1. The third-order valence-electron chi connectivity index (χ3n) is 4.10. The molecule has 150 valence electrons. The quantitative estimate of drug-likeness (QED) is 0.473. The molecular formula is C18H17IN6O3S. The fourth-order valence-corrected chi connectivity index (χ4v) is 4.26. The van der Waals surface area contributed by atoms with Gasteiger partial charge in [-0.1, -0.05) is 18.2 Å². The Bertz CT molecular complexity index is 1100. The molecule has 0 saturated heterocycles. The first-order valence-electron chi connectivity index (χ1n) is 8.68. The molecule has 0 fully saturated rings. The summed E-state index contributed by atoms with van der Waals surface area (Å²) in [5.74, 6) is 0.192. The van der Waals surface area contributed by atoms with Crippen LogP contribution in [-0.4, -0.2) is 32.0 Å². The Morgan fingerprint density at radius 3 is 3.00 bits per heavy atom. The first-order chi connectivity index (χ1) is 14.0.